The van der Waals surface area contributed by atoms with Crippen molar-refractivity contribution in [2.45, 2.75) is 19.8 Å². The molecule has 0 spiro atoms. The zero-order valence-electron chi connectivity index (χ0n) is 16.6. The Bertz CT molecular complexity index is 1050. The van der Waals surface area contributed by atoms with Crippen LogP contribution in [0.5, 0.6) is 0 Å². The molecule has 30 heavy (non-hydrogen) atoms. The van der Waals surface area contributed by atoms with Gasteiger partial charge in [0.25, 0.3) is 0 Å². The van der Waals surface area contributed by atoms with E-state index >= 15 is 0 Å². The molecule has 0 atom stereocenters. The number of likely N-dealkylation sites (N-methyl/N-ethyl adjacent to an activating group) is 1. The van der Waals surface area contributed by atoms with Crippen LogP contribution in [0.3, 0.4) is 0 Å². The van der Waals surface area contributed by atoms with E-state index in [1.165, 1.54) is 24.2 Å². The van der Waals surface area contributed by atoms with Gasteiger partial charge in [-0.2, -0.15) is 0 Å². The first-order chi connectivity index (χ1) is 14.3. The van der Waals surface area contributed by atoms with E-state index in [1.807, 2.05) is 19.1 Å². The summed E-state index contributed by atoms with van der Waals surface area (Å²) in [7, 11) is 1.53. The molecule has 2 aromatic carbocycles. The minimum absolute atomic E-state index is 0.0696. The Kier molecular flexibility index (Phi) is 6.56. The summed E-state index contributed by atoms with van der Waals surface area (Å²) in [6.45, 7) is 1.86. The number of benzene rings is 2. The van der Waals surface area contributed by atoms with Crippen LogP contribution in [0.1, 0.15) is 17.9 Å². The number of carbonyl (C=O) groups excluding carboxylic acids is 2. The molecule has 1 N–H and O–H groups in total. The third kappa shape index (κ3) is 5.50. The molecule has 0 saturated carbocycles. The van der Waals surface area contributed by atoms with Gasteiger partial charge in [-0.15, -0.1) is 0 Å². The van der Waals surface area contributed by atoms with Gasteiger partial charge in [-0.1, -0.05) is 17.7 Å². The molecule has 1 heterocycles. The van der Waals surface area contributed by atoms with Gasteiger partial charge in [0.2, 0.25) is 11.8 Å². The van der Waals surface area contributed by atoms with Crippen LogP contribution in [0.2, 0.25) is 0 Å². The molecule has 0 aliphatic rings. The van der Waals surface area contributed by atoms with Crippen molar-refractivity contribution in [2.24, 2.45) is 0 Å². The van der Waals surface area contributed by atoms with E-state index in [0.29, 0.717) is 5.69 Å². The molecule has 3 aromatic rings. The fraction of sp³-hybridized carbons (Fsp3) is 0.227. The van der Waals surface area contributed by atoms with E-state index in [0.717, 1.165) is 17.7 Å². The minimum atomic E-state index is -0.756. The number of halogens is 2. The quantitative estimate of drug-likeness (QED) is 0.636. The topological polar surface area (TPSA) is 75.4 Å². The standard InChI is InChI=1S/C22H21F2N3O3/c1-14-3-6-16(7-4-14)26-20(28)13-27(2)22(29)10-9-21-25-12-19(30-21)17-8-5-15(23)11-18(17)24/h3-8,11-12H,9-10,13H2,1-2H3,(H,26,28). The van der Waals surface area contributed by atoms with Crippen LogP contribution in [0.4, 0.5) is 14.5 Å². The number of aromatic nitrogens is 1. The number of oxazole rings is 1. The molecular formula is C22H21F2N3O3. The first-order valence-corrected chi connectivity index (χ1v) is 9.32. The first-order valence-electron chi connectivity index (χ1n) is 9.32. The van der Waals surface area contributed by atoms with Crippen molar-refractivity contribution in [3.05, 3.63) is 71.8 Å². The maximum Gasteiger partial charge on any atom is 0.243 e. The highest BCUT2D eigenvalue weighted by Crippen LogP contribution is 2.24. The Morgan fingerprint density at radius 1 is 1.13 bits per heavy atom. The van der Waals surface area contributed by atoms with Crippen LogP contribution in [-0.4, -0.2) is 35.3 Å². The van der Waals surface area contributed by atoms with E-state index in [-0.39, 0.29) is 48.4 Å². The average Bonchev–Trinajstić information content (AvgIpc) is 3.16. The lowest BCUT2D eigenvalue weighted by Gasteiger charge is -2.16. The van der Waals surface area contributed by atoms with Gasteiger partial charge in [-0.3, -0.25) is 9.59 Å². The van der Waals surface area contributed by atoms with Crippen molar-refractivity contribution >= 4 is 17.5 Å². The summed E-state index contributed by atoms with van der Waals surface area (Å²) in [6, 6.07) is 10.5. The van der Waals surface area contributed by atoms with Gasteiger partial charge < -0.3 is 14.6 Å². The van der Waals surface area contributed by atoms with E-state index in [1.54, 1.807) is 12.1 Å². The molecule has 6 nitrogen and oxygen atoms in total. The minimum Gasteiger partial charge on any atom is -0.441 e. The predicted molar refractivity (Wildman–Crippen MR) is 108 cm³/mol. The predicted octanol–water partition coefficient (Wildman–Crippen LogP) is 3.96. The smallest absolute Gasteiger partial charge is 0.243 e. The van der Waals surface area contributed by atoms with Crippen molar-refractivity contribution in [3.8, 4) is 11.3 Å². The van der Waals surface area contributed by atoms with Crippen LogP contribution in [0.25, 0.3) is 11.3 Å². The monoisotopic (exact) mass is 413 g/mol. The highest BCUT2D eigenvalue weighted by molar-refractivity contribution is 5.94. The van der Waals surface area contributed by atoms with Crippen molar-refractivity contribution in [3.63, 3.8) is 0 Å². The van der Waals surface area contributed by atoms with Crippen LogP contribution in [-0.2, 0) is 16.0 Å². The number of carbonyl (C=O) groups is 2. The molecule has 0 radical (unpaired) electrons. The molecule has 0 saturated heterocycles. The number of hydrogen-bond donors (Lipinski definition) is 1. The number of rotatable bonds is 7. The third-order valence-corrected chi connectivity index (χ3v) is 4.44. The molecule has 156 valence electrons. The van der Waals surface area contributed by atoms with Crippen LogP contribution >= 0.6 is 0 Å². The first kappa shape index (κ1) is 21.2. The summed E-state index contributed by atoms with van der Waals surface area (Å²) >= 11 is 0. The highest BCUT2D eigenvalue weighted by atomic mass is 19.1. The highest BCUT2D eigenvalue weighted by Gasteiger charge is 2.16. The maximum absolute atomic E-state index is 13.8. The zero-order valence-corrected chi connectivity index (χ0v) is 16.6. The van der Waals surface area contributed by atoms with Gasteiger partial charge in [-0.25, -0.2) is 13.8 Å². The number of nitrogens with zero attached hydrogens (tertiary/aromatic N) is 2. The molecule has 0 unspecified atom stereocenters. The average molecular weight is 413 g/mol. The lowest BCUT2D eigenvalue weighted by molar-refractivity contribution is -0.133. The van der Waals surface area contributed by atoms with Gasteiger partial charge in [0.05, 0.1) is 18.3 Å². The van der Waals surface area contributed by atoms with Gasteiger partial charge >= 0.3 is 0 Å². The van der Waals surface area contributed by atoms with Crippen LogP contribution in [0.15, 0.2) is 53.1 Å². The molecule has 8 heteroatoms. The van der Waals surface area contributed by atoms with Crippen LogP contribution < -0.4 is 5.32 Å². The lowest BCUT2D eigenvalue weighted by Crippen LogP contribution is -2.35. The maximum atomic E-state index is 13.8. The van der Waals surface area contributed by atoms with Gasteiger partial charge in [0, 0.05) is 31.6 Å². The summed E-state index contributed by atoms with van der Waals surface area (Å²) < 4.78 is 32.3. The number of anilines is 1. The SMILES string of the molecule is Cc1ccc(NC(=O)CN(C)C(=O)CCc2ncc(-c3ccc(F)cc3F)o2)cc1. The van der Waals surface area contributed by atoms with Gasteiger partial charge in [0.1, 0.15) is 11.6 Å². The molecule has 1 aromatic heterocycles. The number of hydrogen-bond acceptors (Lipinski definition) is 4. The van der Waals surface area contributed by atoms with Crippen LogP contribution in [0, 0.1) is 18.6 Å². The molecular weight excluding hydrogens is 392 g/mol. The van der Waals surface area contributed by atoms with E-state index in [2.05, 4.69) is 10.3 Å². The molecule has 0 bridgehead atoms. The Morgan fingerprint density at radius 2 is 1.87 bits per heavy atom. The molecule has 3 rings (SSSR count). The van der Waals surface area contributed by atoms with Crippen molar-refractivity contribution in [2.75, 3.05) is 18.9 Å². The largest absolute Gasteiger partial charge is 0.441 e. The summed E-state index contributed by atoms with van der Waals surface area (Å²) in [5.41, 5.74) is 1.83. The Morgan fingerprint density at radius 3 is 2.57 bits per heavy atom. The van der Waals surface area contributed by atoms with Gasteiger partial charge in [-0.05, 0) is 31.2 Å². The van der Waals surface area contributed by atoms with E-state index in [4.69, 9.17) is 4.42 Å². The second-order valence-electron chi connectivity index (χ2n) is 6.91. The number of amides is 2. The Balaban J connectivity index is 1.50. The van der Waals surface area contributed by atoms with Crippen molar-refractivity contribution in [1.82, 2.24) is 9.88 Å². The number of nitrogens with one attached hydrogen (secondary N) is 1. The van der Waals surface area contributed by atoms with Gasteiger partial charge in [0.15, 0.2) is 11.7 Å². The normalized spacial score (nSPS) is 10.7. The molecule has 2 amide bonds. The molecule has 0 fully saturated rings. The zero-order chi connectivity index (χ0) is 21.7. The molecule has 0 aliphatic carbocycles. The summed E-state index contributed by atoms with van der Waals surface area (Å²) in [6.07, 6.45) is 1.58. The fourth-order valence-electron chi connectivity index (χ4n) is 2.79. The summed E-state index contributed by atoms with van der Waals surface area (Å²) in [5.74, 6) is -1.61. The second kappa shape index (κ2) is 9.30. The summed E-state index contributed by atoms with van der Waals surface area (Å²) in [5, 5.41) is 2.73. The van der Waals surface area contributed by atoms with E-state index in [9.17, 15) is 18.4 Å². The lowest BCUT2D eigenvalue weighted by atomic mass is 10.2. The molecule has 0 aliphatic heterocycles. The van der Waals surface area contributed by atoms with Crippen molar-refractivity contribution in [1.29, 1.82) is 0 Å². The number of aryl methyl sites for hydroxylation is 2. The van der Waals surface area contributed by atoms with Crippen molar-refractivity contribution < 1.29 is 22.8 Å². The third-order valence-electron chi connectivity index (χ3n) is 4.44. The fourth-order valence-corrected chi connectivity index (χ4v) is 2.79. The van der Waals surface area contributed by atoms with E-state index < -0.39 is 11.6 Å². The second-order valence-corrected chi connectivity index (χ2v) is 6.91. The Hall–Kier alpha value is -3.55. The summed E-state index contributed by atoms with van der Waals surface area (Å²) in [4.78, 5) is 29.7. The Labute approximate surface area is 172 Å².